The molecule has 2 amide bonds. The van der Waals surface area contributed by atoms with Crippen LogP contribution < -0.4 is 0 Å². The van der Waals surface area contributed by atoms with Crippen molar-refractivity contribution < 1.29 is 19.1 Å². The van der Waals surface area contributed by atoms with Crippen molar-refractivity contribution in [1.29, 1.82) is 0 Å². The molecule has 51 heavy (non-hydrogen) atoms. The standard InChI is InChI=1S/C40H48N6O4S/c1-38(2,3)49-36(47)45-21-7-20-40(45,51)35-41-24-32(44-35)28-15-10-25(11-16-28)8-9-26-14-19-30-31(22-26)43-34(42-30)33-23-27-12-17-29(18-13-27)46(33)37(48)50-39(4,5)6/h10-11,14-16,19,22,24,27,29,33,51H,7,12-13,17-18,20-21,23H2,1-6H3,(H,41,44)(H,42,43). The molecule has 3 aliphatic heterocycles. The van der Waals surface area contributed by atoms with Crippen LogP contribution in [0.15, 0.2) is 48.7 Å². The summed E-state index contributed by atoms with van der Waals surface area (Å²) in [7, 11) is 0. The van der Waals surface area contributed by atoms with E-state index < -0.39 is 16.1 Å². The van der Waals surface area contributed by atoms with Crippen molar-refractivity contribution in [2.24, 2.45) is 5.92 Å². The quantitative estimate of drug-likeness (QED) is 0.145. The summed E-state index contributed by atoms with van der Waals surface area (Å²) in [5.41, 5.74) is 4.14. The molecule has 3 saturated heterocycles. The molecule has 2 bridgehead atoms. The monoisotopic (exact) mass is 708 g/mol. The third kappa shape index (κ3) is 7.48. The summed E-state index contributed by atoms with van der Waals surface area (Å²) in [5.74, 6) is 8.60. The van der Waals surface area contributed by atoms with Crippen LogP contribution in [0.4, 0.5) is 9.59 Å². The van der Waals surface area contributed by atoms with Crippen molar-refractivity contribution in [2.75, 3.05) is 6.54 Å². The predicted molar refractivity (Wildman–Crippen MR) is 200 cm³/mol. The summed E-state index contributed by atoms with van der Waals surface area (Å²) in [5, 5.41) is 0. The number of H-pyrrole nitrogens is 2. The lowest BCUT2D eigenvalue weighted by molar-refractivity contribution is 0.00430. The van der Waals surface area contributed by atoms with E-state index in [4.69, 9.17) is 27.1 Å². The highest BCUT2D eigenvalue weighted by molar-refractivity contribution is 7.81. The molecule has 4 fully saturated rings. The van der Waals surface area contributed by atoms with E-state index in [1.807, 2.05) is 88.9 Å². The topological polar surface area (TPSA) is 116 Å². The minimum absolute atomic E-state index is 0.147. The first kappa shape index (κ1) is 35.0. The third-order valence-corrected chi connectivity index (χ3v) is 10.7. The SMILES string of the molecule is CC(C)(C)OC(=O)N1C2CCC(CC2)CC1c1nc2ccc(C#Cc3ccc(-c4cnc(C5(S)CCCN5C(=O)OC(C)(C)C)[nH]4)cc3)cc2[nH]1. The Morgan fingerprint density at radius 3 is 2.27 bits per heavy atom. The van der Waals surface area contributed by atoms with Gasteiger partial charge in [-0.3, -0.25) is 9.80 Å². The van der Waals surface area contributed by atoms with E-state index in [-0.39, 0.29) is 24.3 Å². The van der Waals surface area contributed by atoms with Gasteiger partial charge in [-0.05, 0) is 128 Å². The van der Waals surface area contributed by atoms with Gasteiger partial charge in [-0.25, -0.2) is 19.6 Å². The van der Waals surface area contributed by atoms with Gasteiger partial charge in [0.1, 0.15) is 27.7 Å². The maximum atomic E-state index is 13.5. The molecule has 0 spiro atoms. The average Bonchev–Trinajstić information content (AvgIpc) is 3.77. The first-order valence-electron chi connectivity index (χ1n) is 18.1. The number of amides is 2. The number of benzene rings is 2. The highest BCUT2D eigenvalue weighted by Gasteiger charge is 2.46. The Kier molecular flexibility index (Phi) is 9.11. The fraction of sp³-hybridized carbons (Fsp3) is 0.500. The number of carbonyl (C=O) groups is 2. The Bertz CT molecular complexity index is 1990. The molecule has 2 N–H and O–H groups in total. The smallest absolute Gasteiger partial charge is 0.411 e. The number of fused-ring (bicyclic) bond motifs is 5. The van der Waals surface area contributed by atoms with E-state index in [9.17, 15) is 9.59 Å². The normalized spacial score (nSPS) is 23.5. The second-order valence-electron chi connectivity index (χ2n) is 16.2. The fourth-order valence-corrected chi connectivity index (χ4v) is 8.05. The fourth-order valence-electron chi connectivity index (χ4n) is 7.60. The Hall–Kier alpha value is -4.43. The van der Waals surface area contributed by atoms with Crippen LogP contribution in [-0.4, -0.2) is 65.7 Å². The van der Waals surface area contributed by atoms with Crippen molar-refractivity contribution in [3.05, 3.63) is 71.4 Å². The molecular formula is C40H48N6O4S. The predicted octanol–water partition coefficient (Wildman–Crippen LogP) is 8.71. The molecule has 0 radical (unpaired) electrons. The Morgan fingerprint density at radius 1 is 0.902 bits per heavy atom. The van der Waals surface area contributed by atoms with Gasteiger partial charge in [-0.15, -0.1) is 12.6 Å². The first-order chi connectivity index (χ1) is 24.1. The molecule has 4 aromatic rings. The van der Waals surface area contributed by atoms with Crippen LogP contribution in [-0.2, 0) is 14.3 Å². The van der Waals surface area contributed by atoms with Gasteiger partial charge >= 0.3 is 12.2 Å². The molecule has 5 heterocycles. The van der Waals surface area contributed by atoms with Gasteiger partial charge < -0.3 is 19.4 Å². The Labute approximate surface area is 305 Å². The molecule has 11 heteroatoms. The van der Waals surface area contributed by atoms with Gasteiger partial charge in [0.25, 0.3) is 0 Å². The van der Waals surface area contributed by atoms with Crippen molar-refractivity contribution in [1.82, 2.24) is 29.7 Å². The van der Waals surface area contributed by atoms with Gasteiger partial charge in [0.2, 0.25) is 0 Å². The molecule has 2 unspecified atom stereocenters. The molecule has 1 aliphatic carbocycles. The lowest BCUT2D eigenvalue weighted by Gasteiger charge is -2.36. The molecule has 4 aliphatic rings. The Balaban J connectivity index is 1.06. The zero-order valence-corrected chi connectivity index (χ0v) is 31.3. The molecule has 2 aromatic heterocycles. The van der Waals surface area contributed by atoms with Crippen molar-refractivity contribution in [3.63, 3.8) is 0 Å². The van der Waals surface area contributed by atoms with Crippen LogP contribution in [0, 0.1) is 17.8 Å². The van der Waals surface area contributed by atoms with Gasteiger partial charge in [-0.1, -0.05) is 24.0 Å². The minimum atomic E-state index is -0.866. The number of likely N-dealkylation sites (tertiary alicyclic amines) is 1. The number of nitrogens with zero attached hydrogens (tertiary/aromatic N) is 4. The maximum Gasteiger partial charge on any atom is 0.411 e. The maximum absolute atomic E-state index is 13.5. The van der Waals surface area contributed by atoms with Crippen molar-refractivity contribution in [2.45, 2.75) is 115 Å². The third-order valence-electron chi connectivity index (χ3n) is 9.99. The number of aromatic nitrogens is 4. The Morgan fingerprint density at radius 2 is 1.57 bits per heavy atom. The van der Waals surface area contributed by atoms with Gasteiger partial charge in [0.05, 0.1) is 29.0 Å². The summed E-state index contributed by atoms with van der Waals surface area (Å²) in [6, 6.07) is 14.0. The van der Waals surface area contributed by atoms with Crippen LogP contribution in [0.5, 0.6) is 0 Å². The number of hydrogen-bond donors (Lipinski definition) is 3. The minimum Gasteiger partial charge on any atom is -0.444 e. The highest BCUT2D eigenvalue weighted by atomic mass is 32.1. The highest BCUT2D eigenvalue weighted by Crippen LogP contribution is 2.44. The molecule has 2 atom stereocenters. The zero-order chi connectivity index (χ0) is 36.1. The van der Waals surface area contributed by atoms with Gasteiger partial charge in [0.15, 0.2) is 0 Å². The molecule has 8 rings (SSSR count). The summed E-state index contributed by atoms with van der Waals surface area (Å²) < 4.78 is 11.5. The van der Waals surface area contributed by atoms with E-state index in [0.29, 0.717) is 24.7 Å². The number of hydrogen-bond acceptors (Lipinski definition) is 7. The molecule has 2 aromatic carbocycles. The zero-order valence-electron chi connectivity index (χ0n) is 30.4. The second kappa shape index (κ2) is 13.3. The number of thiol groups is 1. The lowest BCUT2D eigenvalue weighted by Crippen LogP contribution is -2.44. The molecule has 1 saturated carbocycles. The summed E-state index contributed by atoms with van der Waals surface area (Å²) in [4.78, 5) is 45.7. The van der Waals surface area contributed by atoms with E-state index in [0.717, 1.165) is 77.8 Å². The first-order valence-corrected chi connectivity index (χ1v) is 18.5. The number of aromatic amines is 2. The molecule has 10 nitrogen and oxygen atoms in total. The van der Waals surface area contributed by atoms with E-state index in [2.05, 4.69) is 26.8 Å². The lowest BCUT2D eigenvalue weighted by atomic mass is 9.86. The average molecular weight is 709 g/mol. The van der Waals surface area contributed by atoms with Crippen LogP contribution >= 0.6 is 12.6 Å². The summed E-state index contributed by atoms with van der Waals surface area (Å²) >= 11 is 4.94. The van der Waals surface area contributed by atoms with Gasteiger partial charge in [-0.2, -0.15) is 0 Å². The van der Waals surface area contributed by atoms with Crippen molar-refractivity contribution in [3.8, 4) is 23.1 Å². The molecule has 268 valence electrons. The van der Waals surface area contributed by atoms with E-state index >= 15 is 0 Å². The van der Waals surface area contributed by atoms with Crippen LogP contribution in [0.3, 0.4) is 0 Å². The summed E-state index contributed by atoms with van der Waals surface area (Å²) in [6.07, 6.45) is 7.80. The van der Waals surface area contributed by atoms with Crippen LogP contribution in [0.1, 0.15) is 115 Å². The van der Waals surface area contributed by atoms with E-state index in [1.165, 1.54) is 0 Å². The van der Waals surface area contributed by atoms with Crippen molar-refractivity contribution >= 4 is 35.8 Å². The summed E-state index contributed by atoms with van der Waals surface area (Å²) in [6.45, 7) is 11.9. The van der Waals surface area contributed by atoms with E-state index in [1.54, 1.807) is 11.1 Å². The largest absolute Gasteiger partial charge is 0.444 e. The number of rotatable bonds is 3. The number of ether oxygens (including phenoxy) is 2. The molecular weight excluding hydrogens is 661 g/mol. The number of nitrogens with one attached hydrogen (secondary N) is 2. The van der Waals surface area contributed by atoms with Crippen LogP contribution in [0.2, 0.25) is 0 Å². The number of imidazole rings is 2. The number of carbonyl (C=O) groups excluding carboxylic acids is 2. The van der Waals surface area contributed by atoms with Gasteiger partial charge in [0, 0.05) is 23.7 Å². The second-order valence-corrected chi connectivity index (χ2v) is 16.9. The van der Waals surface area contributed by atoms with Crippen LogP contribution in [0.25, 0.3) is 22.3 Å².